The molecule has 2 aromatic heterocycles. The van der Waals surface area contributed by atoms with E-state index < -0.39 is 11.9 Å². The van der Waals surface area contributed by atoms with Crippen molar-refractivity contribution in [2.45, 2.75) is 38.3 Å². The lowest BCUT2D eigenvalue weighted by atomic mass is 10.1. The molecule has 2 heterocycles. The van der Waals surface area contributed by atoms with E-state index in [0.29, 0.717) is 41.7 Å². The molecule has 1 aromatic carbocycles. The first-order valence-corrected chi connectivity index (χ1v) is 8.95. The number of hydrogen-bond donors (Lipinski definition) is 2. The Kier molecular flexibility index (Phi) is 4.35. The summed E-state index contributed by atoms with van der Waals surface area (Å²) in [5.41, 5.74) is 1.94. The SMILES string of the molecule is [C-]#[N+]c1cc(C)c(Nc2ncc3c(n2)n(C2CCC(O)C2)c(=O)n3C)cc1F. The maximum absolute atomic E-state index is 14.0. The third kappa shape index (κ3) is 2.92. The fourth-order valence-corrected chi connectivity index (χ4v) is 3.70. The van der Waals surface area contributed by atoms with Crippen LogP contribution >= 0.6 is 0 Å². The fraction of sp³-hybridized carbons (Fsp3) is 0.368. The summed E-state index contributed by atoms with van der Waals surface area (Å²) >= 11 is 0. The molecule has 4 rings (SSSR count). The van der Waals surface area contributed by atoms with E-state index >= 15 is 0 Å². The highest BCUT2D eigenvalue weighted by molar-refractivity contribution is 5.73. The van der Waals surface area contributed by atoms with Crippen LogP contribution < -0.4 is 11.0 Å². The van der Waals surface area contributed by atoms with Gasteiger partial charge in [0.15, 0.2) is 5.65 Å². The Morgan fingerprint density at radius 1 is 1.39 bits per heavy atom. The summed E-state index contributed by atoms with van der Waals surface area (Å²) in [6, 6.07) is 2.58. The average Bonchev–Trinajstić information content (AvgIpc) is 3.19. The molecule has 0 amide bonds. The quantitative estimate of drug-likeness (QED) is 0.680. The van der Waals surface area contributed by atoms with Crippen molar-refractivity contribution in [1.82, 2.24) is 19.1 Å². The van der Waals surface area contributed by atoms with E-state index in [1.54, 1.807) is 24.7 Å². The number of nitrogens with zero attached hydrogens (tertiary/aromatic N) is 5. The number of imidazole rings is 1. The summed E-state index contributed by atoms with van der Waals surface area (Å²) in [6.45, 7) is 8.75. The van der Waals surface area contributed by atoms with Crippen LogP contribution in [0.2, 0.25) is 0 Å². The minimum absolute atomic E-state index is 0.0453. The summed E-state index contributed by atoms with van der Waals surface area (Å²) in [5, 5.41) is 12.8. The van der Waals surface area contributed by atoms with Gasteiger partial charge in [0.1, 0.15) is 11.3 Å². The maximum atomic E-state index is 14.0. The van der Waals surface area contributed by atoms with Gasteiger partial charge in [-0.3, -0.25) is 9.13 Å². The van der Waals surface area contributed by atoms with E-state index in [0.717, 1.165) is 0 Å². The van der Waals surface area contributed by atoms with E-state index in [4.69, 9.17) is 6.57 Å². The second kappa shape index (κ2) is 6.73. The van der Waals surface area contributed by atoms with Crippen molar-refractivity contribution in [1.29, 1.82) is 0 Å². The van der Waals surface area contributed by atoms with Crippen LogP contribution in [0.15, 0.2) is 23.1 Å². The number of aryl methyl sites for hydroxylation is 2. The highest BCUT2D eigenvalue weighted by atomic mass is 19.1. The zero-order valence-electron chi connectivity index (χ0n) is 15.5. The Hall–Kier alpha value is -3.25. The summed E-state index contributed by atoms with van der Waals surface area (Å²) in [7, 11) is 1.66. The van der Waals surface area contributed by atoms with Gasteiger partial charge in [-0.05, 0) is 43.9 Å². The van der Waals surface area contributed by atoms with Crippen molar-refractivity contribution < 1.29 is 9.50 Å². The molecule has 3 aromatic rings. The van der Waals surface area contributed by atoms with Crippen molar-refractivity contribution in [3.05, 3.63) is 51.6 Å². The lowest BCUT2D eigenvalue weighted by Crippen LogP contribution is -2.25. The molecule has 0 bridgehead atoms. The number of aromatic nitrogens is 4. The van der Waals surface area contributed by atoms with Gasteiger partial charge < -0.3 is 10.4 Å². The lowest BCUT2D eigenvalue weighted by Gasteiger charge is -2.12. The number of benzene rings is 1. The summed E-state index contributed by atoms with van der Waals surface area (Å²) in [4.78, 5) is 24.6. The summed E-state index contributed by atoms with van der Waals surface area (Å²) in [6.07, 6.45) is 2.99. The number of rotatable bonds is 3. The molecule has 1 fully saturated rings. The van der Waals surface area contributed by atoms with Crippen molar-refractivity contribution >= 4 is 28.5 Å². The number of aliphatic hydroxyl groups excluding tert-OH is 1. The fourth-order valence-electron chi connectivity index (χ4n) is 3.70. The van der Waals surface area contributed by atoms with Gasteiger partial charge in [-0.15, -0.1) is 0 Å². The van der Waals surface area contributed by atoms with Crippen LogP contribution in [0.5, 0.6) is 0 Å². The van der Waals surface area contributed by atoms with Gasteiger partial charge in [0.25, 0.3) is 0 Å². The largest absolute Gasteiger partial charge is 0.393 e. The van der Waals surface area contributed by atoms with E-state index in [-0.39, 0.29) is 23.4 Å². The number of fused-ring (bicyclic) bond motifs is 1. The lowest BCUT2D eigenvalue weighted by molar-refractivity contribution is 0.178. The molecule has 0 spiro atoms. The molecular weight excluding hydrogens is 363 g/mol. The normalized spacial score (nSPS) is 19.1. The van der Waals surface area contributed by atoms with Crippen LogP contribution in [-0.2, 0) is 7.05 Å². The Morgan fingerprint density at radius 2 is 2.18 bits per heavy atom. The number of nitrogens with one attached hydrogen (secondary N) is 1. The highest BCUT2D eigenvalue weighted by Crippen LogP contribution is 2.32. The maximum Gasteiger partial charge on any atom is 0.330 e. The van der Waals surface area contributed by atoms with Crippen LogP contribution in [-0.4, -0.2) is 30.3 Å². The van der Waals surface area contributed by atoms with Crippen molar-refractivity contribution in [2.75, 3.05) is 5.32 Å². The number of aliphatic hydroxyl groups is 1. The molecule has 0 aliphatic heterocycles. The van der Waals surface area contributed by atoms with E-state index in [9.17, 15) is 14.3 Å². The molecule has 9 heteroatoms. The monoisotopic (exact) mass is 382 g/mol. The summed E-state index contributed by atoms with van der Waals surface area (Å²) < 4.78 is 17.1. The molecule has 28 heavy (non-hydrogen) atoms. The second-order valence-corrected chi connectivity index (χ2v) is 7.09. The molecule has 0 saturated heterocycles. The van der Waals surface area contributed by atoms with Gasteiger partial charge in [0.2, 0.25) is 11.6 Å². The molecule has 1 aliphatic carbocycles. The minimum Gasteiger partial charge on any atom is -0.393 e. The molecular formula is C19H19FN6O2. The molecule has 2 atom stereocenters. The highest BCUT2D eigenvalue weighted by Gasteiger charge is 2.28. The second-order valence-electron chi connectivity index (χ2n) is 7.09. The molecule has 2 unspecified atom stereocenters. The minimum atomic E-state index is -0.624. The molecule has 8 nitrogen and oxygen atoms in total. The predicted octanol–water partition coefficient (Wildman–Crippen LogP) is 2.96. The van der Waals surface area contributed by atoms with Gasteiger partial charge in [0, 0.05) is 18.8 Å². The third-order valence-electron chi connectivity index (χ3n) is 5.24. The molecule has 1 saturated carbocycles. The van der Waals surface area contributed by atoms with E-state index in [1.807, 2.05) is 0 Å². The van der Waals surface area contributed by atoms with Gasteiger partial charge in [-0.2, -0.15) is 4.98 Å². The topological polar surface area (TPSA) is 89.3 Å². The first-order valence-electron chi connectivity index (χ1n) is 8.95. The van der Waals surface area contributed by atoms with Crippen molar-refractivity contribution in [3.63, 3.8) is 0 Å². The number of anilines is 2. The molecule has 0 radical (unpaired) electrons. The Morgan fingerprint density at radius 3 is 2.86 bits per heavy atom. The average molecular weight is 382 g/mol. The van der Waals surface area contributed by atoms with E-state index in [1.165, 1.54) is 16.7 Å². The van der Waals surface area contributed by atoms with Crippen LogP contribution in [0.4, 0.5) is 21.7 Å². The Labute approximate surface area is 160 Å². The molecule has 1 aliphatic rings. The van der Waals surface area contributed by atoms with Crippen LogP contribution in [0.25, 0.3) is 16.0 Å². The standard InChI is InChI=1S/C19H19FN6O2/c1-10-6-15(21-2)13(20)8-14(10)23-18-22-9-16-17(24-18)26(19(28)25(16)3)11-4-5-12(27)7-11/h6,8-9,11-12,27H,4-5,7H2,1,3H3,(H,22,23,24). The molecule has 144 valence electrons. The summed E-state index contributed by atoms with van der Waals surface area (Å²) in [5.74, 6) is -0.399. The van der Waals surface area contributed by atoms with E-state index in [2.05, 4.69) is 20.1 Å². The van der Waals surface area contributed by atoms with Gasteiger partial charge >= 0.3 is 5.69 Å². The zero-order chi connectivity index (χ0) is 20.0. The molecule has 2 N–H and O–H groups in total. The Balaban J connectivity index is 1.77. The van der Waals surface area contributed by atoms with Gasteiger partial charge in [-0.1, -0.05) is 0 Å². The van der Waals surface area contributed by atoms with Gasteiger partial charge in [-0.25, -0.2) is 19.0 Å². The zero-order valence-corrected chi connectivity index (χ0v) is 15.5. The predicted molar refractivity (Wildman–Crippen MR) is 102 cm³/mol. The van der Waals surface area contributed by atoms with Crippen molar-refractivity contribution in [2.24, 2.45) is 7.05 Å². The van der Waals surface area contributed by atoms with Crippen LogP contribution in [0.1, 0.15) is 30.9 Å². The number of hydrogen-bond acceptors (Lipinski definition) is 5. The third-order valence-corrected chi connectivity index (χ3v) is 5.24. The van der Waals surface area contributed by atoms with Crippen LogP contribution in [0.3, 0.4) is 0 Å². The first kappa shape index (κ1) is 18.1. The van der Waals surface area contributed by atoms with Gasteiger partial charge in [0.05, 0.1) is 18.9 Å². The van der Waals surface area contributed by atoms with Crippen LogP contribution in [0, 0.1) is 19.3 Å². The number of halogens is 1. The smallest absolute Gasteiger partial charge is 0.330 e. The first-order chi connectivity index (χ1) is 13.4. The Bertz CT molecular complexity index is 1180. The van der Waals surface area contributed by atoms with Crippen molar-refractivity contribution in [3.8, 4) is 0 Å².